The summed E-state index contributed by atoms with van der Waals surface area (Å²) < 4.78 is 0. The molecule has 0 saturated heterocycles. The third kappa shape index (κ3) is 10.2. The second-order valence-electron chi connectivity index (χ2n) is 7.81. The fourth-order valence-corrected chi connectivity index (χ4v) is 4.27. The highest BCUT2D eigenvalue weighted by Crippen LogP contribution is 2.31. The lowest BCUT2D eigenvalue weighted by Gasteiger charge is -2.31. The predicted octanol–water partition coefficient (Wildman–Crippen LogP) is 6.46. The Balaban J connectivity index is 0. The van der Waals surface area contributed by atoms with Crippen molar-refractivity contribution in [2.75, 3.05) is 0 Å². The molecule has 6 unspecified atom stereocenters. The van der Waals surface area contributed by atoms with Crippen LogP contribution in [0.15, 0.2) is 10.2 Å². The minimum atomic E-state index is -0.142. The molecule has 0 aromatic heterocycles. The van der Waals surface area contributed by atoms with Crippen LogP contribution in [0.5, 0.6) is 0 Å². The molecule has 0 radical (unpaired) electrons. The lowest BCUT2D eigenvalue weighted by Crippen LogP contribution is -2.45. The van der Waals surface area contributed by atoms with Gasteiger partial charge in [0.05, 0.1) is 0 Å². The molecule has 2 rings (SSSR count). The zero-order chi connectivity index (χ0) is 19.4. The first-order chi connectivity index (χ1) is 12.5. The van der Waals surface area contributed by atoms with E-state index in [2.05, 4.69) is 33.9 Å². The maximum atomic E-state index is 8.44. The molecule has 28 heavy (non-hydrogen) atoms. The molecule has 8 heteroatoms. The quantitative estimate of drug-likeness (QED) is 0.301. The van der Waals surface area contributed by atoms with Crippen molar-refractivity contribution in [3.05, 3.63) is 20.9 Å². The molecule has 4 N–H and O–H groups in total. The molecule has 0 aromatic rings. The van der Waals surface area contributed by atoms with Crippen LogP contribution in [0, 0.1) is 11.8 Å². The van der Waals surface area contributed by atoms with Crippen LogP contribution in [0.25, 0.3) is 20.9 Å². The standard InChI is InChI=1S/C9H16N6.C9H20N2.2CH4/c1-2-3-7-4-5-8(12-14-10)9(6-7)13-15-11;1-2-3-7-4-5-8(10)9(11)6-7;;/h7-9H,2-6H2,1H3;7-9H,2-6,10-11H2,1H3;2*1H4. The van der Waals surface area contributed by atoms with E-state index in [9.17, 15) is 0 Å². The Bertz CT molecular complexity index is 485. The largest absolute Gasteiger partial charge is 0.326 e. The summed E-state index contributed by atoms with van der Waals surface area (Å²) in [6.45, 7) is 4.39. The van der Waals surface area contributed by atoms with Crippen molar-refractivity contribution in [2.45, 2.75) is 117 Å². The second-order valence-corrected chi connectivity index (χ2v) is 7.81. The van der Waals surface area contributed by atoms with E-state index >= 15 is 0 Å². The van der Waals surface area contributed by atoms with Crippen LogP contribution in [-0.2, 0) is 0 Å². The summed E-state index contributed by atoms with van der Waals surface area (Å²) in [5.41, 5.74) is 28.5. The van der Waals surface area contributed by atoms with Gasteiger partial charge in [0, 0.05) is 34.0 Å². The molecule has 6 atom stereocenters. The van der Waals surface area contributed by atoms with Gasteiger partial charge in [0.1, 0.15) is 0 Å². The molecule has 0 amide bonds. The Kier molecular flexibility index (Phi) is 16.9. The van der Waals surface area contributed by atoms with Gasteiger partial charge < -0.3 is 11.5 Å². The molecule has 2 aliphatic rings. The van der Waals surface area contributed by atoms with Gasteiger partial charge in [-0.05, 0) is 55.0 Å². The molecule has 0 heterocycles. The summed E-state index contributed by atoms with van der Waals surface area (Å²) in [7, 11) is 0. The molecule has 0 bridgehead atoms. The van der Waals surface area contributed by atoms with Gasteiger partial charge in [-0.1, -0.05) is 71.0 Å². The van der Waals surface area contributed by atoms with Crippen molar-refractivity contribution in [1.82, 2.24) is 0 Å². The third-order valence-electron chi connectivity index (χ3n) is 5.75. The van der Waals surface area contributed by atoms with Gasteiger partial charge in [-0.25, -0.2) is 0 Å². The number of hydrogen-bond donors (Lipinski definition) is 2. The van der Waals surface area contributed by atoms with Crippen molar-refractivity contribution in [3.8, 4) is 0 Å². The zero-order valence-electron chi connectivity index (χ0n) is 16.4. The minimum Gasteiger partial charge on any atom is -0.326 e. The van der Waals surface area contributed by atoms with Gasteiger partial charge in [0.25, 0.3) is 0 Å². The Morgan fingerprint density at radius 2 is 1.25 bits per heavy atom. The highest BCUT2D eigenvalue weighted by Gasteiger charge is 2.28. The first kappa shape index (κ1) is 28.7. The van der Waals surface area contributed by atoms with Gasteiger partial charge in [-0.15, -0.1) is 0 Å². The van der Waals surface area contributed by atoms with Crippen molar-refractivity contribution >= 4 is 0 Å². The maximum absolute atomic E-state index is 8.44. The van der Waals surface area contributed by atoms with Crippen LogP contribution in [0.1, 0.15) is 92.9 Å². The third-order valence-corrected chi connectivity index (χ3v) is 5.75. The highest BCUT2D eigenvalue weighted by atomic mass is 15.2. The van der Waals surface area contributed by atoms with E-state index in [1.54, 1.807) is 0 Å². The number of nitrogens with two attached hydrogens (primary N) is 2. The average molecular weight is 397 g/mol. The molecular weight excluding hydrogens is 352 g/mol. The number of azide groups is 2. The molecule has 8 nitrogen and oxygen atoms in total. The van der Waals surface area contributed by atoms with E-state index in [1.807, 2.05) is 0 Å². The fourth-order valence-electron chi connectivity index (χ4n) is 4.27. The summed E-state index contributed by atoms with van der Waals surface area (Å²) in [4.78, 5) is 5.63. The van der Waals surface area contributed by atoms with Crippen molar-refractivity contribution in [3.63, 3.8) is 0 Å². The Morgan fingerprint density at radius 1 is 0.750 bits per heavy atom. The van der Waals surface area contributed by atoms with Crippen LogP contribution in [0.2, 0.25) is 0 Å². The van der Waals surface area contributed by atoms with Crippen LogP contribution in [0.3, 0.4) is 0 Å². The smallest absolute Gasteiger partial charge is 0.0461 e. The van der Waals surface area contributed by atoms with Gasteiger partial charge in [0.2, 0.25) is 0 Å². The molecule has 2 aliphatic carbocycles. The van der Waals surface area contributed by atoms with Crippen LogP contribution in [0.4, 0.5) is 0 Å². The van der Waals surface area contributed by atoms with E-state index in [4.69, 9.17) is 22.5 Å². The molecule has 164 valence electrons. The predicted molar refractivity (Wildman–Crippen MR) is 120 cm³/mol. The molecule has 0 spiro atoms. The highest BCUT2D eigenvalue weighted by molar-refractivity contribution is 4.90. The Hall–Kier alpha value is -1.46. The van der Waals surface area contributed by atoms with Gasteiger partial charge in [0.15, 0.2) is 0 Å². The summed E-state index contributed by atoms with van der Waals surface area (Å²) in [6, 6.07) is 0.249. The van der Waals surface area contributed by atoms with Gasteiger partial charge in [-0.3, -0.25) is 0 Å². The molecular formula is C20H44N8. The Labute approximate surface area is 172 Å². The molecule has 0 aromatic carbocycles. The number of hydrogen-bond acceptors (Lipinski definition) is 4. The topological polar surface area (TPSA) is 150 Å². The number of rotatable bonds is 6. The van der Waals surface area contributed by atoms with E-state index in [0.29, 0.717) is 5.92 Å². The normalized spacial score (nSPS) is 31.4. The second kappa shape index (κ2) is 16.5. The SMILES string of the molecule is C.C.CCCC1CCC(N)C(N)C1.CCCC1CCC(N=[N+]=[N-])C(N=[N+]=[N-])C1. The van der Waals surface area contributed by atoms with Gasteiger partial charge in [-0.2, -0.15) is 0 Å². The Morgan fingerprint density at radius 3 is 1.75 bits per heavy atom. The van der Waals surface area contributed by atoms with E-state index < -0.39 is 0 Å². The minimum absolute atomic E-state index is 0. The van der Waals surface area contributed by atoms with Crippen LogP contribution in [-0.4, -0.2) is 24.2 Å². The zero-order valence-corrected chi connectivity index (χ0v) is 16.4. The van der Waals surface area contributed by atoms with Crippen molar-refractivity contribution in [2.24, 2.45) is 33.5 Å². The molecule has 2 fully saturated rings. The average Bonchev–Trinajstić information content (AvgIpc) is 2.62. The van der Waals surface area contributed by atoms with Crippen LogP contribution >= 0.6 is 0 Å². The summed E-state index contributed by atoms with van der Waals surface area (Å²) in [5.74, 6) is 1.48. The summed E-state index contributed by atoms with van der Waals surface area (Å²) in [6.07, 6.45) is 11.3. The summed E-state index contributed by atoms with van der Waals surface area (Å²) >= 11 is 0. The van der Waals surface area contributed by atoms with E-state index in [-0.39, 0.29) is 39.0 Å². The molecule has 2 saturated carbocycles. The number of nitrogens with zero attached hydrogens (tertiary/aromatic N) is 6. The monoisotopic (exact) mass is 396 g/mol. The van der Waals surface area contributed by atoms with Gasteiger partial charge >= 0.3 is 0 Å². The fraction of sp³-hybridized carbons (Fsp3) is 1.00. The maximum Gasteiger partial charge on any atom is 0.0461 e. The first-order valence-electron chi connectivity index (χ1n) is 10.1. The lowest BCUT2D eigenvalue weighted by molar-refractivity contribution is 0.275. The van der Waals surface area contributed by atoms with Crippen LogP contribution < -0.4 is 11.5 Å². The molecule has 0 aliphatic heterocycles. The van der Waals surface area contributed by atoms with E-state index in [1.165, 1.54) is 25.7 Å². The van der Waals surface area contributed by atoms with E-state index in [0.717, 1.165) is 44.4 Å². The van der Waals surface area contributed by atoms with Crippen molar-refractivity contribution < 1.29 is 0 Å². The summed E-state index contributed by atoms with van der Waals surface area (Å²) in [5, 5.41) is 7.43. The lowest BCUT2D eigenvalue weighted by atomic mass is 9.81. The first-order valence-corrected chi connectivity index (χ1v) is 10.1. The van der Waals surface area contributed by atoms with Crippen molar-refractivity contribution in [1.29, 1.82) is 0 Å².